The average molecular weight is 630 g/mol. The average Bonchev–Trinajstić information content (AvgIpc) is 3.55. The molecule has 0 aromatic carbocycles. The van der Waals surface area contributed by atoms with E-state index in [1.54, 1.807) is 46.0 Å². The van der Waals surface area contributed by atoms with Gasteiger partial charge in [0, 0.05) is 45.5 Å². The number of fused-ring (bicyclic) bond motifs is 2. The standard InChI is InChI=1S/C18H21ClN2O2S.C13H13ClN2S/c1-11-12(6-5-9-21(11)17(22)23-18(2,3)4)15-10-13-14(19)7-8-20-16(13)24-15;1-8-9(3-2-5-15-8)12-7-10-11(14)4-6-16-13(10)17-12/h6-8,10-11H,5,9H2,1-4H3;3-4,6-8,15H,2,5H2,1H3. The van der Waals surface area contributed by atoms with Crippen molar-refractivity contribution in [3.8, 4) is 0 Å². The predicted octanol–water partition coefficient (Wildman–Crippen LogP) is 9.08. The Morgan fingerprint density at radius 3 is 2.05 bits per heavy atom. The van der Waals surface area contributed by atoms with Crippen molar-refractivity contribution < 1.29 is 9.53 Å². The van der Waals surface area contributed by atoms with Crippen molar-refractivity contribution in [2.45, 2.75) is 65.1 Å². The van der Waals surface area contributed by atoms with Gasteiger partial charge in [-0.2, -0.15) is 0 Å². The number of nitrogens with zero attached hydrogens (tertiary/aromatic N) is 3. The van der Waals surface area contributed by atoms with Crippen LogP contribution in [0.5, 0.6) is 0 Å². The van der Waals surface area contributed by atoms with Gasteiger partial charge >= 0.3 is 6.09 Å². The van der Waals surface area contributed by atoms with Crippen LogP contribution >= 0.6 is 45.9 Å². The van der Waals surface area contributed by atoms with Gasteiger partial charge in [0.1, 0.15) is 15.3 Å². The Hall–Kier alpha value is -2.49. The summed E-state index contributed by atoms with van der Waals surface area (Å²) in [6.45, 7) is 11.6. The van der Waals surface area contributed by atoms with E-state index in [2.05, 4.69) is 46.5 Å². The molecule has 0 aliphatic carbocycles. The number of aromatic nitrogens is 2. The molecule has 0 bridgehead atoms. The van der Waals surface area contributed by atoms with E-state index in [0.29, 0.717) is 17.6 Å². The van der Waals surface area contributed by atoms with E-state index >= 15 is 0 Å². The van der Waals surface area contributed by atoms with Gasteiger partial charge in [0.25, 0.3) is 0 Å². The molecule has 6 heterocycles. The molecule has 0 fully saturated rings. The molecule has 6 nitrogen and oxygen atoms in total. The summed E-state index contributed by atoms with van der Waals surface area (Å²) in [5.74, 6) is 0. The van der Waals surface area contributed by atoms with Crippen LogP contribution in [0.4, 0.5) is 4.79 Å². The van der Waals surface area contributed by atoms with Crippen LogP contribution in [0.15, 0.2) is 48.8 Å². The molecule has 1 amide bonds. The number of thiophene rings is 2. The summed E-state index contributed by atoms with van der Waals surface area (Å²) in [5, 5.41) is 6.99. The van der Waals surface area contributed by atoms with Gasteiger partial charge in [-0.05, 0) is 89.4 Å². The van der Waals surface area contributed by atoms with Crippen LogP contribution in [-0.4, -0.2) is 51.7 Å². The van der Waals surface area contributed by atoms with Crippen LogP contribution in [-0.2, 0) is 4.74 Å². The molecular weight excluding hydrogens is 595 g/mol. The molecule has 0 saturated heterocycles. The zero-order valence-electron chi connectivity index (χ0n) is 23.8. The molecule has 1 N–H and O–H groups in total. The number of carbonyl (C=O) groups is 1. The SMILES string of the molecule is CC1C(c2cc3c(Cl)ccnc3s2)=CCCN1C(=O)OC(C)(C)C.CC1NCCC=C1c1cc2c(Cl)ccnc2s1. The molecule has 41 heavy (non-hydrogen) atoms. The molecule has 2 aliphatic heterocycles. The summed E-state index contributed by atoms with van der Waals surface area (Å²) >= 11 is 15.8. The van der Waals surface area contributed by atoms with Gasteiger partial charge in [0.15, 0.2) is 0 Å². The highest BCUT2D eigenvalue weighted by molar-refractivity contribution is 7.20. The third-order valence-electron chi connectivity index (χ3n) is 7.04. The highest BCUT2D eigenvalue weighted by atomic mass is 35.5. The maximum absolute atomic E-state index is 12.5. The molecule has 0 radical (unpaired) electrons. The minimum absolute atomic E-state index is 0.0413. The van der Waals surface area contributed by atoms with Crippen LogP contribution in [0, 0.1) is 0 Å². The van der Waals surface area contributed by atoms with Crippen LogP contribution in [0.3, 0.4) is 0 Å². The first kappa shape index (κ1) is 30.0. The molecule has 4 aromatic heterocycles. The lowest BCUT2D eigenvalue weighted by atomic mass is 10.00. The number of pyridine rings is 2. The predicted molar refractivity (Wildman–Crippen MR) is 174 cm³/mol. The summed E-state index contributed by atoms with van der Waals surface area (Å²) in [6.07, 6.45) is 9.64. The van der Waals surface area contributed by atoms with Crippen LogP contribution in [0.1, 0.15) is 57.2 Å². The van der Waals surface area contributed by atoms with Crippen LogP contribution < -0.4 is 5.32 Å². The fraction of sp³-hybridized carbons (Fsp3) is 0.387. The lowest BCUT2D eigenvalue weighted by Crippen LogP contribution is -2.44. The van der Waals surface area contributed by atoms with Crippen molar-refractivity contribution in [2.75, 3.05) is 13.1 Å². The Kier molecular flexibility index (Phi) is 9.07. The quantitative estimate of drug-likeness (QED) is 0.240. The molecule has 2 unspecified atom stereocenters. The van der Waals surface area contributed by atoms with Gasteiger partial charge in [-0.15, -0.1) is 22.7 Å². The first-order valence-electron chi connectivity index (χ1n) is 13.7. The number of rotatable bonds is 2. The van der Waals surface area contributed by atoms with E-state index in [-0.39, 0.29) is 12.1 Å². The zero-order valence-corrected chi connectivity index (χ0v) is 27.0. The van der Waals surface area contributed by atoms with Gasteiger partial charge in [0.05, 0.1) is 16.1 Å². The summed E-state index contributed by atoms with van der Waals surface area (Å²) in [6, 6.07) is 8.24. The number of hydrogen-bond acceptors (Lipinski definition) is 7. The first-order chi connectivity index (χ1) is 19.5. The lowest BCUT2D eigenvalue weighted by molar-refractivity contribution is 0.0214. The highest BCUT2D eigenvalue weighted by Gasteiger charge is 2.31. The summed E-state index contributed by atoms with van der Waals surface area (Å²) in [5.41, 5.74) is 2.01. The Balaban J connectivity index is 0.000000174. The maximum atomic E-state index is 12.5. The third-order valence-corrected chi connectivity index (χ3v) is 9.88. The highest BCUT2D eigenvalue weighted by Crippen LogP contribution is 2.38. The molecule has 0 saturated carbocycles. The lowest BCUT2D eigenvalue weighted by Gasteiger charge is -2.35. The molecule has 4 aromatic rings. The third kappa shape index (κ3) is 6.78. The first-order valence-corrected chi connectivity index (χ1v) is 16.1. The minimum atomic E-state index is -0.493. The number of ether oxygens (including phenoxy) is 1. The van der Waals surface area contributed by atoms with Crippen molar-refractivity contribution in [1.82, 2.24) is 20.2 Å². The fourth-order valence-corrected chi connectivity index (χ4v) is 7.82. The topological polar surface area (TPSA) is 67.4 Å². The van der Waals surface area contributed by atoms with E-state index in [0.717, 1.165) is 55.3 Å². The number of amides is 1. The second kappa shape index (κ2) is 12.4. The van der Waals surface area contributed by atoms with Gasteiger partial charge in [-0.3, -0.25) is 0 Å². The largest absolute Gasteiger partial charge is 0.444 e. The molecule has 2 aliphatic rings. The molecule has 2 atom stereocenters. The number of hydrogen-bond donors (Lipinski definition) is 1. The Bertz CT molecular complexity index is 1640. The van der Waals surface area contributed by atoms with Crippen molar-refractivity contribution in [2.24, 2.45) is 0 Å². The minimum Gasteiger partial charge on any atom is -0.444 e. The Morgan fingerprint density at radius 1 is 0.951 bits per heavy atom. The second-order valence-electron chi connectivity index (χ2n) is 11.2. The van der Waals surface area contributed by atoms with Crippen molar-refractivity contribution in [3.63, 3.8) is 0 Å². The normalized spacial score (nSPS) is 19.4. The summed E-state index contributed by atoms with van der Waals surface area (Å²) in [7, 11) is 0. The van der Waals surface area contributed by atoms with Gasteiger partial charge in [-0.1, -0.05) is 35.4 Å². The molecule has 0 spiro atoms. The maximum Gasteiger partial charge on any atom is 0.410 e. The smallest absolute Gasteiger partial charge is 0.410 e. The van der Waals surface area contributed by atoms with Crippen LogP contribution in [0.25, 0.3) is 31.6 Å². The van der Waals surface area contributed by atoms with Gasteiger partial charge < -0.3 is 15.0 Å². The summed E-state index contributed by atoms with van der Waals surface area (Å²) in [4.78, 5) is 27.3. The zero-order chi connectivity index (χ0) is 29.3. The molecule has 216 valence electrons. The molecular formula is C31H34Cl2N4O2S2. The number of nitrogens with one attached hydrogen (secondary N) is 1. The van der Waals surface area contributed by atoms with E-state index in [4.69, 9.17) is 27.9 Å². The van der Waals surface area contributed by atoms with Crippen molar-refractivity contribution in [3.05, 3.63) is 68.6 Å². The summed E-state index contributed by atoms with van der Waals surface area (Å²) < 4.78 is 5.54. The van der Waals surface area contributed by atoms with E-state index < -0.39 is 5.60 Å². The van der Waals surface area contributed by atoms with Crippen molar-refractivity contribution >= 4 is 83.5 Å². The van der Waals surface area contributed by atoms with Crippen molar-refractivity contribution in [1.29, 1.82) is 0 Å². The Morgan fingerprint density at radius 2 is 1.51 bits per heavy atom. The van der Waals surface area contributed by atoms with Gasteiger partial charge in [0.2, 0.25) is 0 Å². The number of carbonyl (C=O) groups excluding carboxylic acids is 1. The second-order valence-corrected chi connectivity index (χ2v) is 14.0. The Labute approximate surface area is 259 Å². The van der Waals surface area contributed by atoms with Crippen LogP contribution in [0.2, 0.25) is 10.0 Å². The number of halogens is 2. The van der Waals surface area contributed by atoms with Gasteiger partial charge in [-0.25, -0.2) is 14.8 Å². The monoisotopic (exact) mass is 628 g/mol. The van der Waals surface area contributed by atoms with E-state index in [9.17, 15) is 4.79 Å². The fourth-order valence-electron chi connectivity index (χ4n) is 5.00. The van der Waals surface area contributed by atoms with E-state index in [1.807, 2.05) is 33.8 Å². The molecule has 6 rings (SSSR count). The van der Waals surface area contributed by atoms with E-state index in [1.165, 1.54) is 10.5 Å². The molecule has 10 heteroatoms.